The summed E-state index contributed by atoms with van der Waals surface area (Å²) in [4.78, 5) is 0. The van der Waals surface area contributed by atoms with Gasteiger partial charge in [0.2, 0.25) is 0 Å². The molecule has 0 bridgehead atoms. The highest BCUT2D eigenvalue weighted by Crippen LogP contribution is 2.30. The second-order valence-corrected chi connectivity index (χ2v) is 4.37. The van der Waals surface area contributed by atoms with Crippen LogP contribution in [0.25, 0.3) is 5.69 Å². The zero-order valence-corrected chi connectivity index (χ0v) is 10.6. The van der Waals surface area contributed by atoms with E-state index in [4.69, 9.17) is 10.5 Å². The third-order valence-electron chi connectivity index (χ3n) is 3.16. The summed E-state index contributed by atoms with van der Waals surface area (Å²) < 4.78 is 36.4. The minimum Gasteiger partial charge on any atom is -0.433 e. The minimum atomic E-state index is -2.89. The number of anilines is 1. The fraction of sp³-hybridized carbons (Fsp3) is 0.308. The number of benzene rings is 1. The largest absolute Gasteiger partial charge is 0.433 e. The number of fused-ring (bicyclic) bond motifs is 1. The van der Waals surface area contributed by atoms with Crippen LogP contribution >= 0.6 is 0 Å². The monoisotopic (exact) mass is 281 g/mol. The molecular formula is C13H13F2N3O2. The summed E-state index contributed by atoms with van der Waals surface area (Å²) >= 11 is 0. The Labute approximate surface area is 113 Å². The fourth-order valence-corrected chi connectivity index (χ4v) is 2.29. The zero-order chi connectivity index (χ0) is 14.1. The first kappa shape index (κ1) is 12.9. The third kappa shape index (κ3) is 2.20. The molecule has 5 nitrogen and oxygen atoms in total. The number of rotatable bonds is 3. The lowest BCUT2D eigenvalue weighted by Crippen LogP contribution is -2.14. The molecule has 106 valence electrons. The van der Waals surface area contributed by atoms with Crippen molar-refractivity contribution in [1.29, 1.82) is 0 Å². The summed E-state index contributed by atoms with van der Waals surface area (Å²) in [5.74, 6) is 0.422. The Morgan fingerprint density at radius 1 is 1.35 bits per heavy atom. The molecule has 2 heterocycles. The van der Waals surface area contributed by atoms with Crippen molar-refractivity contribution in [3.05, 3.63) is 35.5 Å². The Balaban J connectivity index is 2.09. The molecule has 20 heavy (non-hydrogen) atoms. The Kier molecular flexibility index (Phi) is 3.27. The molecule has 0 unspecified atom stereocenters. The van der Waals surface area contributed by atoms with Gasteiger partial charge in [0.05, 0.1) is 18.9 Å². The van der Waals surface area contributed by atoms with Gasteiger partial charge in [-0.1, -0.05) is 12.1 Å². The molecule has 0 saturated heterocycles. The van der Waals surface area contributed by atoms with Crippen LogP contribution in [0.15, 0.2) is 24.3 Å². The molecule has 1 aliphatic rings. The lowest BCUT2D eigenvalue weighted by Gasteiger charge is -2.16. The lowest BCUT2D eigenvalue weighted by atomic mass is 10.1. The topological polar surface area (TPSA) is 62.3 Å². The molecule has 0 atom stereocenters. The van der Waals surface area contributed by atoms with E-state index in [1.54, 1.807) is 22.9 Å². The number of para-hydroxylation sites is 2. The van der Waals surface area contributed by atoms with Crippen molar-refractivity contribution in [3.63, 3.8) is 0 Å². The van der Waals surface area contributed by atoms with Crippen LogP contribution in [-0.2, 0) is 17.8 Å². The summed E-state index contributed by atoms with van der Waals surface area (Å²) in [5.41, 5.74) is 7.98. The number of hydrogen-bond acceptors (Lipinski definition) is 4. The van der Waals surface area contributed by atoms with Gasteiger partial charge in [-0.3, -0.25) is 0 Å². The number of alkyl halides is 2. The number of halogens is 2. The normalized spacial score (nSPS) is 14.3. The van der Waals surface area contributed by atoms with E-state index in [0.29, 0.717) is 31.1 Å². The number of aromatic nitrogens is 2. The van der Waals surface area contributed by atoms with Crippen molar-refractivity contribution < 1.29 is 18.3 Å². The highest BCUT2D eigenvalue weighted by molar-refractivity contribution is 5.52. The van der Waals surface area contributed by atoms with E-state index in [0.717, 1.165) is 11.3 Å². The van der Waals surface area contributed by atoms with Gasteiger partial charge in [-0.15, -0.1) is 5.10 Å². The molecule has 1 aromatic heterocycles. The first-order valence-electron chi connectivity index (χ1n) is 6.15. The van der Waals surface area contributed by atoms with Crippen LogP contribution in [0.2, 0.25) is 0 Å². The molecule has 2 N–H and O–H groups in total. The van der Waals surface area contributed by atoms with E-state index in [1.165, 1.54) is 6.07 Å². The molecule has 0 saturated carbocycles. The van der Waals surface area contributed by atoms with Crippen LogP contribution in [0.4, 0.5) is 14.6 Å². The predicted molar refractivity (Wildman–Crippen MR) is 68.0 cm³/mol. The number of nitrogens with two attached hydrogens (primary N) is 1. The van der Waals surface area contributed by atoms with Gasteiger partial charge in [-0.25, -0.2) is 4.68 Å². The van der Waals surface area contributed by atoms with Crippen molar-refractivity contribution in [3.8, 4) is 11.4 Å². The quantitative estimate of drug-likeness (QED) is 0.936. The van der Waals surface area contributed by atoms with E-state index in [-0.39, 0.29) is 5.75 Å². The number of nitrogens with zero attached hydrogens (tertiary/aromatic N) is 2. The van der Waals surface area contributed by atoms with Gasteiger partial charge in [0, 0.05) is 12.0 Å². The van der Waals surface area contributed by atoms with Crippen LogP contribution in [-0.4, -0.2) is 23.0 Å². The van der Waals surface area contributed by atoms with E-state index in [9.17, 15) is 8.78 Å². The summed E-state index contributed by atoms with van der Waals surface area (Å²) in [5, 5.41) is 4.22. The second kappa shape index (κ2) is 5.09. The summed E-state index contributed by atoms with van der Waals surface area (Å²) in [7, 11) is 0. The molecule has 2 aromatic rings. The lowest BCUT2D eigenvalue weighted by molar-refractivity contribution is -0.0499. The average Bonchev–Trinajstić information content (AvgIpc) is 2.77. The van der Waals surface area contributed by atoms with Crippen molar-refractivity contribution >= 4 is 5.82 Å². The Morgan fingerprint density at radius 3 is 2.95 bits per heavy atom. The van der Waals surface area contributed by atoms with Crippen LogP contribution in [0.5, 0.6) is 5.75 Å². The number of nitrogen functional groups attached to an aromatic ring is 1. The molecule has 3 rings (SSSR count). The van der Waals surface area contributed by atoms with Gasteiger partial charge >= 0.3 is 6.61 Å². The van der Waals surface area contributed by atoms with Crippen molar-refractivity contribution in [2.45, 2.75) is 19.6 Å². The molecule has 0 amide bonds. The Hall–Kier alpha value is -2.15. The Morgan fingerprint density at radius 2 is 2.15 bits per heavy atom. The standard InChI is InChI=1S/C13H13F2N3O2/c14-13(15)20-11-4-2-1-3-10(11)18-9-5-6-19-7-8(9)12(16)17-18/h1-4,13H,5-7H2,(H2,16,17). The van der Waals surface area contributed by atoms with Gasteiger partial charge < -0.3 is 15.2 Å². The number of hydrogen-bond donors (Lipinski definition) is 1. The SMILES string of the molecule is Nc1nn(-c2ccccc2OC(F)F)c2c1COCC2. The predicted octanol–water partition coefficient (Wildman–Crippen LogP) is 2.13. The highest BCUT2D eigenvalue weighted by atomic mass is 19.3. The fourth-order valence-electron chi connectivity index (χ4n) is 2.29. The molecule has 1 aliphatic heterocycles. The molecule has 0 fully saturated rings. The van der Waals surface area contributed by atoms with Crippen molar-refractivity contribution in [1.82, 2.24) is 9.78 Å². The molecule has 1 aromatic carbocycles. The molecule has 0 aliphatic carbocycles. The van der Waals surface area contributed by atoms with Gasteiger partial charge in [0.1, 0.15) is 5.69 Å². The molecule has 0 spiro atoms. The molecule has 7 heteroatoms. The van der Waals surface area contributed by atoms with E-state index in [2.05, 4.69) is 9.84 Å². The maximum Gasteiger partial charge on any atom is 0.387 e. The third-order valence-corrected chi connectivity index (χ3v) is 3.16. The van der Waals surface area contributed by atoms with Crippen LogP contribution in [0.3, 0.4) is 0 Å². The van der Waals surface area contributed by atoms with Gasteiger partial charge in [0.25, 0.3) is 0 Å². The summed E-state index contributed by atoms with van der Waals surface area (Å²) in [6.07, 6.45) is 0.628. The minimum absolute atomic E-state index is 0.0688. The first-order valence-corrected chi connectivity index (χ1v) is 6.15. The maximum atomic E-state index is 12.5. The second-order valence-electron chi connectivity index (χ2n) is 4.37. The smallest absolute Gasteiger partial charge is 0.387 e. The van der Waals surface area contributed by atoms with Gasteiger partial charge in [0.15, 0.2) is 11.6 Å². The van der Waals surface area contributed by atoms with Gasteiger partial charge in [-0.05, 0) is 12.1 Å². The van der Waals surface area contributed by atoms with Crippen molar-refractivity contribution in [2.24, 2.45) is 0 Å². The van der Waals surface area contributed by atoms with Crippen LogP contribution < -0.4 is 10.5 Å². The summed E-state index contributed by atoms with van der Waals surface area (Å²) in [6, 6.07) is 6.51. The van der Waals surface area contributed by atoms with Crippen molar-refractivity contribution in [2.75, 3.05) is 12.3 Å². The van der Waals surface area contributed by atoms with E-state index in [1.807, 2.05) is 0 Å². The Bertz CT molecular complexity index is 628. The zero-order valence-electron chi connectivity index (χ0n) is 10.6. The van der Waals surface area contributed by atoms with E-state index < -0.39 is 6.61 Å². The average molecular weight is 281 g/mol. The van der Waals surface area contributed by atoms with E-state index >= 15 is 0 Å². The van der Waals surface area contributed by atoms with Crippen LogP contribution in [0.1, 0.15) is 11.3 Å². The molecular weight excluding hydrogens is 268 g/mol. The maximum absolute atomic E-state index is 12.5. The highest BCUT2D eigenvalue weighted by Gasteiger charge is 2.22. The number of ether oxygens (including phenoxy) is 2. The summed E-state index contributed by atoms with van der Waals surface area (Å²) in [6.45, 7) is -1.95. The van der Waals surface area contributed by atoms with Crippen LogP contribution in [0, 0.1) is 0 Å². The van der Waals surface area contributed by atoms with Gasteiger partial charge in [-0.2, -0.15) is 8.78 Å². The first-order chi connectivity index (χ1) is 9.66. The molecule has 0 radical (unpaired) electrons.